The molecule has 2 aromatic carbocycles. The van der Waals surface area contributed by atoms with Gasteiger partial charge in [0.15, 0.2) is 0 Å². The Kier molecular flexibility index (Phi) is 5.33. The predicted molar refractivity (Wildman–Crippen MR) is 113 cm³/mol. The standard InChI is InChI=1S/C21H23BrN2O3S/c1-14-12-16-13-17(22)5-10-20(16)24(14)21(25)11-4-15-2-8-19(9-3-15)28(26,27)23-18-6-7-18/h2-3,5,8-10,13-14,18,23H,4,6-7,11-12H2,1H3/t14-/m0/s1. The van der Waals surface area contributed by atoms with Crippen molar-refractivity contribution in [2.24, 2.45) is 0 Å². The number of hydrogen-bond donors (Lipinski definition) is 1. The van der Waals surface area contributed by atoms with Gasteiger partial charge in [0.2, 0.25) is 15.9 Å². The molecule has 2 aromatic rings. The van der Waals surface area contributed by atoms with Gasteiger partial charge in [0, 0.05) is 28.7 Å². The molecule has 0 aromatic heterocycles. The number of carbonyl (C=O) groups is 1. The molecule has 28 heavy (non-hydrogen) atoms. The maximum absolute atomic E-state index is 12.8. The van der Waals surface area contributed by atoms with Crippen LogP contribution in [0.3, 0.4) is 0 Å². The molecule has 0 spiro atoms. The number of fused-ring (bicyclic) bond motifs is 1. The van der Waals surface area contributed by atoms with Crippen LogP contribution >= 0.6 is 15.9 Å². The van der Waals surface area contributed by atoms with Gasteiger partial charge in [-0.1, -0.05) is 28.1 Å². The lowest BCUT2D eigenvalue weighted by Crippen LogP contribution is -2.35. The number of carbonyl (C=O) groups excluding carboxylic acids is 1. The maximum atomic E-state index is 12.8. The summed E-state index contributed by atoms with van der Waals surface area (Å²) in [6.07, 6.45) is 3.67. The summed E-state index contributed by atoms with van der Waals surface area (Å²) in [6.45, 7) is 2.07. The van der Waals surface area contributed by atoms with Gasteiger partial charge in [-0.25, -0.2) is 13.1 Å². The van der Waals surface area contributed by atoms with Gasteiger partial charge in [-0.15, -0.1) is 0 Å². The van der Waals surface area contributed by atoms with Crippen molar-refractivity contribution in [3.05, 3.63) is 58.1 Å². The van der Waals surface area contributed by atoms with Gasteiger partial charge in [-0.3, -0.25) is 4.79 Å². The van der Waals surface area contributed by atoms with E-state index in [4.69, 9.17) is 0 Å². The van der Waals surface area contributed by atoms with Crippen molar-refractivity contribution in [3.8, 4) is 0 Å². The fourth-order valence-electron chi connectivity index (χ4n) is 3.68. The van der Waals surface area contributed by atoms with Crippen LogP contribution in [-0.4, -0.2) is 26.4 Å². The van der Waals surface area contributed by atoms with Crippen molar-refractivity contribution in [1.29, 1.82) is 0 Å². The highest BCUT2D eigenvalue weighted by Gasteiger charge is 2.31. The highest BCUT2D eigenvalue weighted by Crippen LogP contribution is 2.34. The molecular formula is C21H23BrN2O3S. The van der Waals surface area contributed by atoms with E-state index in [1.807, 2.05) is 17.0 Å². The minimum absolute atomic E-state index is 0.0910. The molecule has 148 valence electrons. The largest absolute Gasteiger partial charge is 0.309 e. The van der Waals surface area contributed by atoms with E-state index in [9.17, 15) is 13.2 Å². The highest BCUT2D eigenvalue weighted by molar-refractivity contribution is 9.10. The van der Waals surface area contributed by atoms with Crippen LogP contribution in [0.4, 0.5) is 5.69 Å². The molecule has 0 bridgehead atoms. The second kappa shape index (κ2) is 7.61. The van der Waals surface area contributed by atoms with Gasteiger partial charge >= 0.3 is 0 Å². The van der Waals surface area contributed by atoms with Crippen LogP contribution in [0.5, 0.6) is 0 Å². The Morgan fingerprint density at radius 1 is 1.18 bits per heavy atom. The van der Waals surface area contributed by atoms with Crippen molar-refractivity contribution >= 4 is 37.5 Å². The topological polar surface area (TPSA) is 66.5 Å². The molecular weight excluding hydrogens is 440 g/mol. The third-order valence-corrected chi connectivity index (χ3v) is 7.32. The number of sulfonamides is 1. The summed E-state index contributed by atoms with van der Waals surface area (Å²) in [5.74, 6) is 0.0978. The minimum atomic E-state index is -3.43. The van der Waals surface area contributed by atoms with E-state index in [0.29, 0.717) is 12.8 Å². The zero-order chi connectivity index (χ0) is 19.9. The van der Waals surface area contributed by atoms with Crippen molar-refractivity contribution < 1.29 is 13.2 Å². The molecule has 1 aliphatic carbocycles. The number of halogens is 1. The molecule has 1 atom stereocenters. The minimum Gasteiger partial charge on any atom is -0.309 e. The Morgan fingerprint density at radius 2 is 1.89 bits per heavy atom. The summed E-state index contributed by atoms with van der Waals surface area (Å²) >= 11 is 3.49. The van der Waals surface area contributed by atoms with Gasteiger partial charge in [-0.05, 0) is 74.1 Å². The lowest BCUT2D eigenvalue weighted by atomic mass is 10.1. The number of hydrogen-bond acceptors (Lipinski definition) is 3. The fourth-order valence-corrected chi connectivity index (χ4v) is 5.39. The van der Waals surface area contributed by atoms with Crippen molar-refractivity contribution in [2.45, 2.75) is 56.0 Å². The lowest BCUT2D eigenvalue weighted by Gasteiger charge is -2.23. The number of amides is 1. The SMILES string of the molecule is C[C@H]1Cc2cc(Br)ccc2N1C(=O)CCc1ccc(S(=O)(=O)NC2CC2)cc1. The van der Waals surface area contributed by atoms with Crippen molar-refractivity contribution in [1.82, 2.24) is 4.72 Å². The Bertz CT molecular complexity index is 1000. The maximum Gasteiger partial charge on any atom is 0.240 e. The Hall–Kier alpha value is -1.70. The van der Waals surface area contributed by atoms with Gasteiger partial charge in [-0.2, -0.15) is 0 Å². The molecule has 1 amide bonds. The Labute approximate surface area is 174 Å². The van der Waals surface area contributed by atoms with Crippen molar-refractivity contribution in [3.63, 3.8) is 0 Å². The van der Waals surface area contributed by atoms with Crippen LogP contribution in [0, 0.1) is 0 Å². The molecule has 0 radical (unpaired) electrons. The second-order valence-corrected chi connectivity index (χ2v) is 10.3. The van der Waals surface area contributed by atoms with Crippen LogP contribution in [0.1, 0.15) is 37.3 Å². The third kappa shape index (κ3) is 4.16. The van der Waals surface area contributed by atoms with E-state index in [2.05, 4.69) is 33.6 Å². The van der Waals surface area contributed by atoms with E-state index in [1.165, 1.54) is 5.56 Å². The number of anilines is 1. The molecule has 0 saturated heterocycles. The number of benzene rings is 2. The summed E-state index contributed by atoms with van der Waals surface area (Å²) in [5, 5.41) is 0. The Balaban J connectivity index is 1.40. The zero-order valence-corrected chi connectivity index (χ0v) is 18.1. The van der Waals surface area contributed by atoms with Crippen molar-refractivity contribution in [2.75, 3.05) is 4.90 Å². The Morgan fingerprint density at radius 3 is 2.57 bits per heavy atom. The van der Waals surface area contributed by atoms with Crippen LogP contribution in [-0.2, 0) is 27.7 Å². The van der Waals surface area contributed by atoms with Gasteiger partial charge in [0.05, 0.1) is 4.90 Å². The first-order valence-electron chi connectivity index (χ1n) is 9.55. The van der Waals surface area contributed by atoms with E-state index < -0.39 is 10.0 Å². The van der Waals surface area contributed by atoms with E-state index in [-0.39, 0.29) is 22.9 Å². The average Bonchev–Trinajstić information content (AvgIpc) is 3.39. The monoisotopic (exact) mass is 462 g/mol. The predicted octanol–water partition coefficient (Wildman–Crippen LogP) is 3.80. The number of nitrogens with one attached hydrogen (secondary N) is 1. The molecule has 5 nitrogen and oxygen atoms in total. The third-order valence-electron chi connectivity index (χ3n) is 5.29. The lowest BCUT2D eigenvalue weighted by molar-refractivity contribution is -0.118. The van der Waals surface area contributed by atoms with Gasteiger partial charge < -0.3 is 4.90 Å². The quantitative estimate of drug-likeness (QED) is 0.709. The average molecular weight is 463 g/mol. The molecule has 2 aliphatic rings. The van der Waals surface area contributed by atoms with Gasteiger partial charge in [0.1, 0.15) is 0 Å². The zero-order valence-electron chi connectivity index (χ0n) is 15.7. The molecule has 4 rings (SSSR count). The van der Waals surface area contributed by atoms with E-state index in [1.54, 1.807) is 24.3 Å². The molecule has 0 unspecified atom stereocenters. The summed E-state index contributed by atoms with van der Waals surface area (Å²) in [4.78, 5) is 15.0. The molecule has 1 aliphatic heterocycles. The second-order valence-electron chi connectivity index (χ2n) is 7.63. The smallest absolute Gasteiger partial charge is 0.240 e. The van der Waals surface area contributed by atoms with Crippen LogP contribution < -0.4 is 9.62 Å². The van der Waals surface area contributed by atoms with Crippen LogP contribution in [0.2, 0.25) is 0 Å². The fraction of sp³-hybridized carbons (Fsp3) is 0.381. The molecule has 7 heteroatoms. The number of aryl methyl sites for hydroxylation is 1. The first-order chi connectivity index (χ1) is 13.3. The number of rotatable bonds is 6. The van der Waals surface area contributed by atoms with E-state index >= 15 is 0 Å². The number of nitrogens with zero attached hydrogens (tertiary/aromatic N) is 1. The van der Waals surface area contributed by atoms with E-state index in [0.717, 1.165) is 35.0 Å². The van der Waals surface area contributed by atoms with Gasteiger partial charge in [0.25, 0.3) is 0 Å². The summed E-state index contributed by atoms with van der Waals surface area (Å²) in [7, 11) is -3.43. The first kappa shape index (κ1) is 19.6. The first-order valence-corrected chi connectivity index (χ1v) is 11.8. The molecule has 1 N–H and O–H groups in total. The normalized spacial score (nSPS) is 18.9. The molecule has 1 saturated carbocycles. The van der Waals surface area contributed by atoms with Crippen LogP contribution in [0.25, 0.3) is 0 Å². The molecule has 1 heterocycles. The highest BCUT2D eigenvalue weighted by atomic mass is 79.9. The summed E-state index contributed by atoms with van der Waals surface area (Å²) < 4.78 is 28.2. The summed E-state index contributed by atoms with van der Waals surface area (Å²) in [5.41, 5.74) is 3.14. The van der Waals surface area contributed by atoms with Crippen LogP contribution in [0.15, 0.2) is 51.8 Å². The summed E-state index contributed by atoms with van der Waals surface area (Å²) in [6, 6.07) is 13.1. The molecule has 1 fully saturated rings.